The Kier molecular flexibility index (Phi) is 4.64. The van der Waals surface area contributed by atoms with Crippen molar-refractivity contribution in [3.63, 3.8) is 0 Å². The summed E-state index contributed by atoms with van der Waals surface area (Å²) in [5.74, 6) is 1.38. The van der Waals surface area contributed by atoms with Gasteiger partial charge in [-0.3, -0.25) is 4.79 Å². The minimum atomic E-state index is -0.284. The summed E-state index contributed by atoms with van der Waals surface area (Å²) in [6.45, 7) is 2.06. The molecule has 2 aromatic heterocycles. The number of furan rings is 1. The Hall–Kier alpha value is -3.38. The lowest BCUT2D eigenvalue weighted by Gasteiger charge is -2.20. The zero-order chi connectivity index (χ0) is 20.7. The lowest BCUT2D eigenvalue weighted by atomic mass is 10.0. The first-order chi connectivity index (χ1) is 14.6. The molecule has 0 saturated carbocycles. The minimum absolute atomic E-state index is 0.119. The number of imidazole rings is 1. The molecule has 7 heteroatoms. The second-order valence-corrected chi connectivity index (χ2v) is 7.70. The van der Waals surface area contributed by atoms with Crippen molar-refractivity contribution in [2.75, 3.05) is 0 Å². The first kappa shape index (κ1) is 18.6. The van der Waals surface area contributed by atoms with Gasteiger partial charge >= 0.3 is 0 Å². The Morgan fingerprint density at radius 3 is 2.70 bits per heavy atom. The molecule has 0 saturated heterocycles. The molecule has 1 aliphatic heterocycles. The second-order valence-electron chi connectivity index (χ2n) is 7.26. The largest absolute Gasteiger partial charge is 0.467 e. The number of carbonyl (C=O) groups excluding carboxylic acids is 1. The van der Waals surface area contributed by atoms with Crippen molar-refractivity contribution < 1.29 is 9.21 Å². The van der Waals surface area contributed by atoms with Crippen molar-refractivity contribution in [2.45, 2.75) is 25.9 Å². The van der Waals surface area contributed by atoms with Crippen molar-refractivity contribution in [1.82, 2.24) is 14.6 Å². The van der Waals surface area contributed by atoms with Crippen molar-refractivity contribution in [3.8, 4) is 0 Å². The van der Waals surface area contributed by atoms with Crippen LogP contribution in [0.2, 0.25) is 5.02 Å². The number of carbonyl (C=O) groups is 1. The predicted octanol–water partition coefficient (Wildman–Crippen LogP) is 4.97. The number of fused-ring (bicyclic) bond motifs is 1. The number of amides is 1. The number of hydrazone groups is 1. The molecular formula is C23H19ClN4O2. The second kappa shape index (κ2) is 7.46. The van der Waals surface area contributed by atoms with Gasteiger partial charge in [0.15, 0.2) is 0 Å². The molecular weight excluding hydrogens is 400 g/mol. The molecule has 0 aliphatic carbocycles. The smallest absolute Gasteiger partial charge is 0.263 e. The first-order valence-electron chi connectivity index (χ1n) is 9.71. The molecule has 0 spiro atoms. The quantitative estimate of drug-likeness (QED) is 0.470. The molecule has 3 heterocycles. The third-order valence-electron chi connectivity index (χ3n) is 5.35. The van der Waals surface area contributed by atoms with E-state index in [1.807, 2.05) is 72.2 Å². The molecule has 0 bridgehead atoms. The molecule has 5 rings (SSSR count). The predicted molar refractivity (Wildman–Crippen MR) is 115 cm³/mol. The number of aryl methyl sites for hydroxylation is 1. The van der Waals surface area contributed by atoms with Gasteiger partial charge in [0.2, 0.25) is 0 Å². The van der Waals surface area contributed by atoms with Crippen LogP contribution in [-0.4, -0.2) is 26.2 Å². The minimum Gasteiger partial charge on any atom is -0.467 e. The van der Waals surface area contributed by atoms with Crippen LogP contribution in [0.5, 0.6) is 0 Å². The Labute approximate surface area is 178 Å². The summed E-state index contributed by atoms with van der Waals surface area (Å²) in [5, 5.41) is 6.88. The van der Waals surface area contributed by atoms with Crippen LogP contribution >= 0.6 is 11.6 Å². The molecule has 0 fully saturated rings. The number of hydrogen-bond donors (Lipinski definition) is 0. The van der Waals surface area contributed by atoms with Gasteiger partial charge in [0.05, 0.1) is 23.0 Å². The fourth-order valence-corrected chi connectivity index (χ4v) is 3.99. The number of para-hydroxylation sites is 2. The molecule has 4 aromatic rings. The van der Waals surface area contributed by atoms with Gasteiger partial charge in [-0.05, 0) is 48.9 Å². The zero-order valence-electron chi connectivity index (χ0n) is 16.3. The average Bonchev–Trinajstić information content (AvgIpc) is 3.48. The standard InChI is InChI=1S/C23H19ClN4O2/c1-15-25-18-5-2-3-6-20(18)27(15)14-23(29)28-21(22-7-4-12-30-22)13-19(26-28)16-8-10-17(24)11-9-16/h2-12,21H,13-14H2,1H3/t21-/m1/s1. The number of rotatable bonds is 4. The van der Waals surface area contributed by atoms with Gasteiger partial charge in [-0.1, -0.05) is 35.9 Å². The SMILES string of the molecule is Cc1nc2ccccc2n1CC(=O)N1N=C(c2ccc(Cl)cc2)C[C@@H]1c1ccco1. The Morgan fingerprint density at radius 2 is 1.93 bits per heavy atom. The summed E-state index contributed by atoms with van der Waals surface area (Å²) in [6, 6.07) is 18.7. The van der Waals surface area contributed by atoms with Crippen LogP contribution in [0.4, 0.5) is 0 Å². The fraction of sp³-hybridized carbons (Fsp3) is 0.174. The molecule has 2 aromatic carbocycles. The summed E-state index contributed by atoms with van der Waals surface area (Å²) in [7, 11) is 0. The third-order valence-corrected chi connectivity index (χ3v) is 5.61. The van der Waals surface area contributed by atoms with Crippen LogP contribution in [0.3, 0.4) is 0 Å². The topological polar surface area (TPSA) is 63.6 Å². The van der Waals surface area contributed by atoms with Crippen molar-refractivity contribution >= 4 is 34.3 Å². The summed E-state index contributed by atoms with van der Waals surface area (Å²) in [4.78, 5) is 17.9. The van der Waals surface area contributed by atoms with Gasteiger partial charge in [0.25, 0.3) is 5.91 Å². The van der Waals surface area contributed by atoms with Crippen LogP contribution in [0.1, 0.15) is 29.6 Å². The van der Waals surface area contributed by atoms with Crippen LogP contribution in [0.15, 0.2) is 76.4 Å². The van der Waals surface area contributed by atoms with Gasteiger partial charge < -0.3 is 8.98 Å². The normalized spacial score (nSPS) is 16.3. The fourth-order valence-electron chi connectivity index (χ4n) is 3.86. The van der Waals surface area contributed by atoms with Crippen LogP contribution in [-0.2, 0) is 11.3 Å². The van der Waals surface area contributed by atoms with E-state index in [1.54, 1.807) is 6.26 Å². The van der Waals surface area contributed by atoms with Gasteiger partial charge in [0, 0.05) is 11.4 Å². The van der Waals surface area contributed by atoms with Gasteiger partial charge in [-0.25, -0.2) is 9.99 Å². The maximum absolute atomic E-state index is 13.4. The molecule has 0 unspecified atom stereocenters. The summed E-state index contributed by atoms with van der Waals surface area (Å²) < 4.78 is 7.55. The first-order valence-corrected chi connectivity index (χ1v) is 10.1. The molecule has 30 heavy (non-hydrogen) atoms. The van der Waals surface area contributed by atoms with Gasteiger partial charge in [-0.2, -0.15) is 5.10 Å². The van der Waals surface area contributed by atoms with E-state index in [9.17, 15) is 4.79 Å². The maximum atomic E-state index is 13.4. The highest BCUT2D eigenvalue weighted by molar-refractivity contribution is 6.30. The Morgan fingerprint density at radius 1 is 1.13 bits per heavy atom. The lowest BCUT2D eigenvalue weighted by molar-refractivity contribution is -0.134. The van der Waals surface area contributed by atoms with E-state index in [2.05, 4.69) is 10.1 Å². The van der Waals surface area contributed by atoms with Crippen LogP contribution < -0.4 is 0 Å². The number of hydrogen-bond acceptors (Lipinski definition) is 4. The molecule has 0 radical (unpaired) electrons. The number of nitrogens with zero attached hydrogens (tertiary/aromatic N) is 4. The van der Waals surface area contributed by atoms with Crippen molar-refractivity contribution in [1.29, 1.82) is 0 Å². The molecule has 1 atom stereocenters. The summed E-state index contributed by atoms with van der Waals surface area (Å²) >= 11 is 6.02. The van der Waals surface area contributed by atoms with E-state index in [0.717, 1.165) is 28.1 Å². The van der Waals surface area contributed by atoms with E-state index in [-0.39, 0.29) is 18.5 Å². The van der Waals surface area contributed by atoms with Crippen molar-refractivity contribution in [2.24, 2.45) is 5.10 Å². The van der Waals surface area contributed by atoms with E-state index in [4.69, 9.17) is 16.0 Å². The van der Waals surface area contributed by atoms with E-state index >= 15 is 0 Å². The molecule has 0 N–H and O–H groups in total. The van der Waals surface area contributed by atoms with Gasteiger partial charge in [0.1, 0.15) is 24.2 Å². The summed E-state index contributed by atoms with van der Waals surface area (Å²) in [6.07, 6.45) is 2.19. The number of benzene rings is 2. The van der Waals surface area contributed by atoms with Gasteiger partial charge in [-0.15, -0.1) is 0 Å². The van der Waals surface area contributed by atoms with E-state index in [0.29, 0.717) is 17.2 Å². The zero-order valence-corrected chi connectivity index (χ0v) is 17.1. The highest BCUT2D eigenvalue weighted by atomic mass is 35.5. The van der Waals surface area contributed by atoms with Crippen LogP contribution in [0, 0.1) is 6.92 Å². The molecule has 1 amide bonds. The summed E-state index contributed by atoms with van der Waals surface area (Å²) in [5.41, 5.74) is 3.57. The third kappa shape index (κ3) is 3.29. The lowest BCUT2D eigenvalue weighted by Crippen LogP contribution is -2.30. The van der Waals surface area contributed by atoms with Crippen molar-refractivity contribution in [3.05, 3.63) is 89.1 Å². The van der Waals surface area contributed by atoms with Crippen LogP contribution in [0.25, 0.3) is 11.0 Å². The van der Waals surface area contributed by atoms with E-state index in [1.165, 1.54) is 5.01 Å². The molecule has 150 valence electrons. The number of aromatic nitrogens is 2. The highest BCUT2D eigenvalue weighted by Crippen LogP contribution is 2.33. The Bertz CT molecular complexity index is 1240. The van der Waals surface area contributed by atoms with E-state index < -0.39 is 0 Å². The molecule has 1 aliphatic rings. The highest BCUT2D eigenvalue weighted by Gasteiger charge is 2.35. The molecule has 6 nitrogen and oxygen atoms in total. The Balaban J connectivity index is 1.49. The average molecular weight is 419 g/mol. The maximum Gasteiger partial charge on any atom is 0.263 e. The monoisotopic (exact) mass is 418 g/mol. The number of halogens is 1.